The van der Waals surface area contributed by atoms with Crippen molar-refractivity contribution in [2.24, 2.45) is 0 Å². The maximum absolute atomic E-state index is 16.5. The number of aromatic nitrogens is 3. The van der Waals surface area contributed by atoms with Gasteiger partial charge in [-0.1, -0.05) is 133 Å². The van der Waals surface area contributed by atoms with Crippen LogP contribution in [0.1, 0.15) is 17.3 Å². The van der Waals surface area contributed by atoms with Gasteiger partial charge in [0.1, 0.15) is 5.65 Å². The highest BCUT2D eigenvalue weighted by Gasteiger charge is 2.47. The number of hydrogen-bond acceptors (Lipinski definition) is 3. The molecule has 3 nitrogen and oxygen atoms in total. The number of fused-ring (bicyclic) bond motifs is 6. The first-order valence-electron chi connectivity index (χ1n) is 17.8. The summed E-state index contributed by atoms with van der Waals surface area (Å²) in [6.07, 6.45) is 2.30. The summed E-state index contributed by atoms with van der Waals surface area (Å²) in [5.41, 5.74) is 5.68. The van der Waals surface area contributed by atoms with E-state index in [1.807, 2.05) is 84.7 Å². The standard InChI is InChI=1S/C47H32FN3SSi/c48-45(33-15-11-14-32(30-33)39-23-9-10-28-49-39)34-16-12-17-35(31-34)51-40-26-27-43-46(44(40)38-22-13-29-50-47(38)51)52-41-24-7-8-25-42(41)53(43,36-18-3-1-4-19-36)37-20-5-2-6-21-37/h1-31,45H. The molecule has 4 heterocycles. The molecule has 53 heavy (non-hydrogen) atoms. The van der Waals surface area contributed by atoms with Crippen molar-refractivity contribution in [3.63, 3.8) is 0 Å². The molecule has 10 rings (SSSR count). The Labute approximate surface area is 312 Å². The lowest BCUT2D eigenvalue weighted by Gasteiger charge is -2.40. The van der Waals surface area contributed by atoms with Crippen molar-refractivity contribution in [2.75, 3.05) is 0 Å². The second-order valence-corrected chi connectivity index (χ2v) is 18.2. The second kappa shape index (κ2) is 12.8. The molecule has 1 aliphatic rings. The van der Waals surface area contributed by atoms with Crippen LogP contribution in [0.15, 0.2) is 198 Å². The van der Waals surface area contributed by atoms with E-state index in [1.54, 1.807) is 6.20 Å². The van der Waals surface area contributed by atoms with Gasteiger partial charge in [0.05, 0.1) is 11.2 Å². The van der Waals surface area contributed by atoms with Crippen LogP contribution in [0.4, 0.5) is 4.39 Å². The van der Waals surface area contributed by atoms with Gasteiger partial charge in [-0.2, -0.15) is 0 Å². The van der Waals surface area contributed by atoms with E-state index in [0.717, 1.165) is 33.5 Å². The predicted molar refractivity (Wildman–Crippen MR) is 219 cm³/mol. The SMILES string of the molecule is FC(c1cccc(-c2ccccn2)c1)c1cccc(-n2c3ccc4c(c3c3cccnc32)Sc2ccccc2[Si]4(c2ccccc2)c2ccccc2)c1. The number of hydrogen-bond donors (Lipinski definition) is 0. The Bertz CT molecular complexity index is 2750. The van der Waals surface area contributed by atoms with Gasteiger partial charge < -0.3 is 0 Å². The number of pyridine rings is 2. The molecular formula is C47H32FN3SSi. The Morgan fingerprint density at radius 2 is 1.26 bits per heavy atom. The molecule has 3 aromatic heterocycles. The van der Waals surface area contributed by atoms with E-state index in [0.29, 0.717) is 11.1 Å². The molecule has 0 N–H and O–H groups in total. The van der Waals surface area contributed by atoms with Crippen molar-refractivity contribution in [3.05, 3.63) is 199 Å². The summed E-state index contributed by atoms with van der Waals surface area (Å²) in [5.74, 6) is 0. The third kappa shape index (κ3) is 5.01. The molecule has 0 radical (unpaired) electrons. The molecule has 0 aliphatic carbocycles. The Hall–Kier alpha value is -6.08. The van der Waals surface area contributed by atoms with E-state index >= 15 is 4.39 Å². The van der Waals surface area contributed by atoms with E-state index < -0.39 is 14.2 Å². The third-order valence-electron chi connectivity index (χ3n) is 10.5. The average Bonchev–Trinajstić information content (AvgIpc) is 3.58. The molecule has 9 aromatic rings. The quantitative estimate of drug-likeness (QED) is 0.161. The fourth-order valence-corrected chi connectivity index (χ4v) is 15.4. The van der Waals surface area contributed by atoms with Crippen molar-refractivity contribution in [1.82, 2.24) is 14.5 Å². The van der Waals surface area contributed by atoms with E-state index in [9.17, 15) is 0 Å². The van der Waals surface area contributed by atoms with Crippen LogP contribution in [0.25, 0.3) is 38.9 Å². The van der Waals surface area contributed by atoms with Crippen molar-refractivity contribution in [1.29, 1.82) is 0 Å². The molecular weight excluding hydrogens is 686 g/mol. The van der Waals surface area contributed by atoms with Crippen LogP contribution in [-0.2, 0) is 0 Å². The lowest BCUT2D eigenvalue weighted by molar-refractivity contribution is 0.402. The maximum Gasteiger partial charge on any atom is 0.181 e. The van der Waals surface area contributed by atoms with Crippen LogP contribution in [0.2, 0.25) is 0 Å². The molecule has 1 aliphatic heterocycles. The molecule has 0 saturated heterocycles. The Morgan fingerprint density at radius 3 is 2.04 bits per heavy atom. The summed E-state index contributed by atoms with van der Waals surface area (Å²) in [5, 5.41) is 7.76. The molecule has 0 amide bonds. The number of alkyl halides is 1. The highest BCUT2D eigenvalue weighted by atomic mass is 32.2. The van der Waals surface area contributed by atoms with Gasteiger partial charge >= 0.3 is 0 Å². The molecule has 0 spiro atoms. The Balaban J connectivity index is 1.19. The number of nitrogens with zero attached hydrogens (tertiary/aromatic N) is 3. The first kappa shape index (κ1) is 31.6. The normalized spacial score (nSPS) is 13.8. The lowest BCUT2D eigenvalue weighted by Crippen LogP contribution is -2.76. The number of benzene rings is 6. The first-order valence-corrected chi connectivity index (χ1v) is 20.6. The summed E-state index contributed by atoms with van der Waals surface area (Å²) in [7, 11) is -2.75. The molecule has 6 heteroatoms. The summed E-state index contributed by atoms with van der Waals surface area (Å²) in [6, 6.07) is 61.2. The van der Waals surface area contributed by atoms with Crippen LogP contribution in [-0.4, -0.2) is 22.6 Å². The largest absolute Gasteiger partial charge is 0.294 e. The van der Waals surface area contributed by atoms with Crippen LogP contribution in [0.3, 0.4) is 0 Å². The Kier molecular flexibility index (Phi) is 7.67. The van der Waals surface area contributed by atoms with Gasteiger partial charge in [-0.25, -0.2) is 9.37 Å². The zero-order chi connectivity index (χ0) is 35.4. The van der Waals surface area contributed by atoms with E-state index in [-0.39, 0.29) is 0 Å². The molecule has 0 fully saturated rings. The third-order valence-corrected chi connectivity index (χ3v) is 17.0. The molecule has 6 aromatic carbocycles. The first-order chi connectivity index (χ1) is 26.2. The Morgan fingerprint density at radius 1 is 0.566 bits per heavy atom. The summed E-state index contributed by atoms with van der Waals surface area (Å²) < 4.78 is 18.8. The van der Waals surface area contributed by atoms with Gasteiger partial charge in [0.2, 0.25) is 0 Å². The van der Waals surface area contributed by atoms with E-state index in [2.05, 4.69) is 119 Å². The minimum Gasteiger partial charge on any atom is -0.294 e. The minimum absolute atomic E-state index is 0.590. The molecule has 1 unspecified atom stereocenters. The fourth-order valence-electron chi connectivity index (χ4n) is 8.25. The topological polar surface area (TPSA) is 30.7 Å². The van der Waals surface area contributed by atoms with Crippen LogP contribution >= 0.6 is 11.8 Å². The fraction of sp³-hybridized carbons (Fsp3) is 0.0213. The predicted octanol–water partition coefficient (Wildman–Crippen LogP) is 9.14. The van der Waals surface area contributed by atoms with Crippen LogP contribution in [0.5, 0.6) is 0 Å². The van der Waals surface area contributed by atoms with Gasteiger partial charge in [-0.05, 0) is 86.5 Å². The highest BCUT2D eigenvalue weighted by molar-refractivity contribution is 8.00. The van der Waals surface area contributed by atoms with E-state index in [4.69, 9.17) is 4.98 Å². The van der Waals surface area contributed by atoms with Crippen LogP contribution in [0, 0.1) is 0 Å². The molecule has 0 bridgehead atoms. The van der Waals surface area contributed by atoms with Crippen molar-refractivity contribution in [2.45, 2.75) is 16.0 Å². The second-order valence-electron chi connectivity index (χ2n) is 13.4. The molecule has 0 saturated carbocycles. The monoisotopic (exact) mass is 717 g/mol. The molecule has 1 atom stereocenters. The van der Waals surface area contributed by atoms with Gasteiger partial charge in [0, 0.05) is 44.2 Å². The van der Waals surface area contributed by atoms with Crippen molar-refractivity contribution >= 4 is 62.5 Å². The molecule has 252 valence electrons. The van der Waals surface area contributed by atoms with Crippen molar-refractivity contribution < 1.29 is 4.39 Å². The zero-order valence-electron chi connectivity index (χ0n) is 28.6. The zero-order valence-corrected chi connectivity index (χ0v) is 30.4. The summed E-state index contributed by atoms with van der Waals surface area (Å²) in [6.45, 7) is 0. The maximum atomic E-state index is 16.5. The van der Waals surface area contributed by atoms with Crippen LogP contribution < -0.4 is 20.7 Å². The summed E-state index contributed by atoms with van der Waals surface area (Å²) >= 11 is 1.86. The van der Waals surface area contributed by atoms with E-state index in [1.165, 1.54) is 35.9 Å². The lowest BCUT2D eigenvalue weighted by atomic mass is 9.99. The summed E-state index contributed by atoms with van der Waals surface area (Å²) in [4.78, 5) is 12.0. The average molecular weight is 718 g/mol. The number of halogens is 1. The van der Waals surface area contributed by atoms with Gasteiger partial charge in [-0.3, -0.25) is 9.55 Å². The van der Waals surface area contributed by atoms with Gasteiger partial charge in [0.25, 0.3) is 0 Å². The van der Waals surface area contributed by atoms with Gasteiger partial charge in [0.15, 0.2) is 14.2 Å². The van der Waals surface area contributed by atoms with Gasteiger partial charge in [-0.15, -0.1) is 0 Å². The minimum atomic E-state index is -2.75. The van der Waals surface area contributed by atoms with Crippen molar-refractivity contribution in [3.8, 4) is 16.9 Å². The smallest absolute Gasteiger partial charge is 0.181 e. The highest BCUT2D eigenvalue weighted by Crippen LogP contribution is 2.42. The number of rotatable bonds is 6.